The van der Waals surface area contributed by atoms with Gasteiger partial charge in [0.15, 0.2) is 9.84 Å². The molecule has 6 nitrogen and oxygen atoms in total. The zero-order valence-electron chi connectivity index (χ0n) is 17.8. The maximum Gasteiger partial charge on any atom is 0.226 e. The normalized spacial score (nSPS) is 22.0. The second-order valence-electron chi connectivity index (χ2n) is 8.54. The number of para-hydroxylation sites is 1. The lowest BCUT2D eigenvalue weighted by Gasteiger charge is -2.36. The SMILES string of the molecule is COc1ccccc1-c1ccc(CC2(C(=O)NC3CCS(=O)(=O)C3)CCOCC2)cc1. The summed E-state index contributed by atoms with van der Waals surface area (Å²) in [6, 6.07) is 15.8. The third-order valence-corrected chi connectivity index (χ3v) is 8.18. The van der Waals surface area contributed by atoms with Crippen molar-refractivity contribution in [1.29, 1.82) is 0 Å². The number of hydrogen-bond acceptors (Lipinski definition) is 5. The molecular weight excluding hydrogens is 414 g/mol. The molecule has 2 aliphatic heterocycles. The maximum absolute atomic E-state index is 13.3. The van der Waals surface area contributed by atoms with Crippen molar-refractivity contribution in [1.82, 2.24) is 5.32 Å². The van der Waals surface area contributed by atoms with Crippen molar-refractivity contribution in [2.24, 2.45) is 5.41 Å². The molecule has 1 amide bonds. The number of rotatable bonds is 6. The number of nitrogens with one attached hydrogen (secondary N) is 1. The summed E-state index contributed by atoms with van der Waals surface area (Å²) in [5.41, 5.74) is 2.59. The Hall–Kier alpha value is -2.38. The van der Waals surface area contributed by atoms with Gasteiger partial charge in [-0.05, 0) is 42.9 Å². The highest BCUT2D eigenvalue weighted by Crippen LogP contribution is 2.36. The van der Waals surface area contributed by atoms with Crippen molar-refractivity contribution in [3.8, 4) is 16.9 Å². The first-order chi connectivity index (χ1) is 14.9. The number of hydrogen-bond donors (Lipinski definition) is 1. The van der Waals surface area contributed by atoms with Gasteiger partial charge in [0.05, 0.1) is 24.0 Å². The number of carbonyl (C=O) groups is 1. The summed E-state index contributed by atoms with van der Waals surface area (Å²) in [6.07, 6.45) is 2.36. The van der Waals surface area contributed by atoms with Crippen LogP contribution in [-0.4, -0.2) is 52.2 Å². The molecule has 2 heterocycles. The zero-order valence-corrected chi connectivity index (χ0v) is 18.6. The minimum Gasteiger partial charge on any atom is -0.496 e. The predicted octanol–water partition coefficient (Wildman–Crippen LogP) is 3.00. The van der Waals surface area contributed by atoms with Crippen LogP contribution in [0.15, 0.2) is 48.5 Å². The Kier molecular flexibility index (Phi) is 6.34. The van der Waals surface area contributed by atoms with E-state index < -0.39 is 15.3 Å². The third kappa shape index (κ3) is 4.93. The zero-order chi connectivity index (χ0) is 21.9. The Morgan fingerprint density at radius 2 is 1.84 bits per heavy atom. The highest BCUT2D eigenvalue weighted by atomic mass is 32.2. The molecule has 1 N–H and O–H groups in total. The first kappa shape index (κ1) is 21.8. The van der Waals surface area contributed by atoms with Gasteiger partial charge in [0.2, 0.25) is 5.91 Å². The van der Waals surface area contributed by atoms with E-state index in [1.54, 1.807) is 7.11 Å². The van der Waals surface area contributed by atoms with E-state index in [4.69, 9.17) is 9.47 Å². The second kappa shape index (κ2) is 9.01. The van der Waals surface area contributed by atoms with Crippen LogP contribution >= 0.6 is 0 Å². The first-order valence-corrected chi connectivity index (χ1v) is 12.5. The molecule has 0 bridgehead atoms. The van der Waals surface area contributed by atoms with Crippen LogP contribution in [-0.2, 0) is 25.8 Å². The van der Waals surface area contributed by atoms with Gasteiger partial charge in [-0.2, -0.15) is 0 Å². The fraction of sp³-hybridized carbons (Fsp3) is 0.458. The van der Waals surface area contributed by atoms with Crippen LogP contribution < -0.4 is 10.1 Å². The molecule has 2 fully saturated rings. The second-order valence-corrected chi connectivity index (χ2v) is 10.8. The van der Waals surface area contributed by atoms with Crippen LogP contribution in [0.4, 0.5) is 0 Å². The van der Waals surface area contributed by atoms with E-state index in [0.717, 1.165) is 22.4 Å². The van der Waals surface area contributed by atoms with Crippen LogP contribution in [0.5, 0.6) is 5.75 Å². The minimum absolute atomic E-state index is 0.0406. The largest absolute Gasteiger partial charge is 0.496 e. The van der Waals surface area contributed by atoms with Crippen LogP contribution in [0, 0.1) is 5.41 Å². The standard InChI is InChI=1S/C24H29NO5S/c1-29-22-5-3-2-4-21(22)19-8-6-18(7-9-19)16-24(11-13-30-14-12-24)23(26)25-20-10-15-31(27,28)17-20/h2-9,20H,10-17H2,1H3,(H,25,26). The van der Waals surface area contributed by atoms with Crippen molar-refractivity contribution in [3.05, 3.63) is 54.1 Å². The molecule has 2 aliphatic rings. The van der Waals surface area contributed by atoms with E-state index in [2.05, 4.69) is 29.6 Å². The van der Waals surface area contributed by atoms with Gasteiger partial charge in [-0.3, -0.25) is 4.79 Å². The molecule has 0 aliphatic carbocycles. The molecule has 1 atom stereocenters. The molecule has 0 radical (unpaired) electrons. The Morgan fingerprint density at radius 1 is 1.13 bits per heavy atom. The molecule has 31 heavy (non-hydrogen) atoms. The van der Waals surface area contributed by atoms with Crippen LogP contribution in [0.25, 0.3) is 11.1 Å². The smallest absolute Gasteiger partial charge is 0.226 e. The van der Waals surface area contributed by atoms with Crippen LogP contribution in [0.1, 0.15) is 24.8 Å². The summed E-state index contributed by atoms with van der Waals surface area (Å²) in [4.78, 5) is 13.3. The topological polar surface area (TPSA) is 81.7 Å². The van der Waals surface area contributed by atoms with E-state index in [0.29, 0.717) is 38.9 Å². The molecule has 0 aromatic heterocycles. The summed E-state index contributed by atoms with van der Waals surface area (Å²) in [7, 11) is -1.37. The van der Waals surface area contributed by atoms with Gasteiger partial charge in [-0.1, -0.05) is 42.5 Å². The lowest BCUT2D eigenvalue weighted by Crippen LogP contribution is -2.49. The predicted molar refractivity (Wildman–Crippen MR) is 120 cm³/mol. The number of ether oxygens (including phenoxy) is 2. The monoisotopic (exact) mass is 443 g/mol. The minimum atomic E-state index is -3.04. The lowest BCUT2D eigenvalue weighted by atomic mass is 9.74. The van der Waals surface area contributed by atoms with Gasteiger partial charge < -0.3 is 14.8 Å². The van der Waals surface area contributed by atoms with E-state index in [-0.39, 0.29) is 23.5 Å². The van der Waals surface area contributed by atoms with E-state index in [1.165, 1.54) is 0 Å². The molecule has 2 aromatic carbocycles. The molecule has 2 aromatic rings. The van der Waals surface area contributed by atoms with Gasteiger partial charge in [0.1, 0.15) is 5.75 Å². The van der Waals surface area contributed by atoms with Gasteiger partial charge in [0.25, 0.3) is 0 Å². The summed E-state index contributed by atoms with van der Waals surface area (Å²) in [6.45, 7) is 1.07. The summed E-state index contributed by atoms with van der Waals surface area (Å²) in [5, 5.41) is 3.03. The van der Waals surface area contributed by atoms with Gasteiger partial charge in [-0.15, -0.1) is 0 Å². The molecule has 4 rings (SSSR count). The third-order valence-electron chi connectivity index (χ3n) is 6.41. The van der Waals surface area contributed by atoms with Crippen LogP contribution in [0.2, 0.25) is 0 Å². The van der Waals surface area contributed by atoms with Crippen molar-refractivity contribution >= 4 is 15.7 Å². The van der Waals surface area contributed by atoms with Crippen molar-refractivity contribution in [2.75, 3.05) is 31.8 Å². The quantitative estimate of drug-likeness (QED) is 0.742. The molecule has 2 saturated heterocycles. The molecular formula is C24H29NO5S. The van der Waals surface area contributed by atoms with Crippen molar-refractivity contribution < 1.29 is 22.7 Å². The molecule has 166 valence electrons. The van der Waals surface area contributed by atoms with Crippen LogP contribution in [0.3, 0.4) is 0 Å². The number of sulfone groups is 1. The fourth-order valence-corrected chi connectivity index (χ4v) is 6.24. The lowest BCUT2D eigenvalue weighted by molar-refractivity contribution is -0.137. The summed E-state index contributed by atoms with van der Waals surface area (Å²) >= 11 is 0. The Balaban J connectivity index is 1.52. The first-order valence-electron chi connectivity index (χ1n) is 10.7. The van der Waals surface area contributed by atoms with Gasteiger partial charge >= 0.3 is 0 Å². The number of benzene rings is 2. The highest BCUT2D eigenvalue weighted by Gasteiger charge is 2.42. The number of methoxy groups -OCH3 is 1. The van der Waals surface area contributed by atoms with Gasteiger partial charge in [-0.25, -0.2) is 8.42 Å². The highest BCUT2D eigenvalue weighted by molar-refractivity contribution is 7.91. The Labute approximate surface area is 183 Å². The Morgan fingerprint density at radius 3 is 2.48 bits per heavy atom. The van der Waals surface area contributed by atoms with Crippen molar-refractivity contribution in [3.63, 3.8) is 0 Å². The average molecular weight is 444 g/mol. The summed E-state index contributed by atoms with van der Waals surface area (Å²) < 4.78 is 34.6. The Bertz CT molecular complexity index is 1030. The van der Waals surface area contributed by atoms with E-state index >= 15 is 0 Å². The molecule has 0 spiro atoms. The average Bonchev–Trinajstić information content (AvgIpc) is 3.13. The number of amides is 1. The summed E-state index contributed by atoms with van der Waals surface area (Å²) in [5.74, 6) is 0.964. The number of carbonyl (C=O) groups excluding carboxylic acids is 1. The molecule has 1 unspecified atom stereocenters. The van der Waals surface area contributed by atoms with Gasteiger partial charge in [0, 0.05) is 24.8 Å². The fourth-order valence-electron chi connectivity index (χ4n) is 4.57. The van der Waals surface area contributed by atoms with Crippen molar-refractivity contribution in [2.45, 2.75) is 31.7 Å². The van der Waals surface area contributed by atoms with E-state index in [9.17, 15) is 13.2 Å². The maximum atomic E-state index is 13.3. The van der Waals surface area contributed by atoms with E-state index in [1.807, 2.05) is 24.3 Å². The molecule has 7 heteroatoms. The molecule has 0 saturated carbocycles.